The third-order valence-corrected chi connectivity index (χ3v) is 3.43. The average molecular weight is 266 g/mol. The lowest BCUT2D eigenvalue weighted by atomic mass is 10.0. The molecule has 1 aromatic carbocycles. The third kappa shape index (κ3) is 2.46. The number of aryl methyl sites for hydroxylation is 3. The number of benzene rings is 1. The summed E-state index contributed by atoms with van der Waals surface area (Å²) in [5.41, 5.74) is 5.03. The second-order valence-corrected chi connectivity index (χ2v) is 5.07. The molecule has 0 fully saturated rings. The van der Waals surface area contributed by atoms with Crippen LogP contribution in [0.4, 0.5) is 0 Å². The van der Waals surface area contributed by atoms with Gasteiger partial charge in [0.2, 0.25) is 0 Å². The van der Waals surface area contributed by atoms with Crippen LogP contribution in [0.2, 0.25) is 10.0 Å². The van der Waals surface area contributed by atoms with Gasteiger partial charge in [-0.25, -0.2) is 0 Å². The maximum Gasteiger partial charge on any atom is 0.0891 e. The molecule has 1 heterocycles. The van der Waals surface area contributed by atoms with E-state index in [1.54, 1.807) is 0 Å². The Morgan fingerprint density at radius 3 is 2.24 bits per heavy atom. The molecule has 88 valence electrons. The molecule has 0 aliphatic carbocycles. The summed E-state index contributed by atoms with van der Waals surface area (Å²) in [6, 6.07) is 5.90. The van der Waals surface area contributed by atoms with Gasteiger partial charge in [0, 0.05) is 16.8 Å². The van der Waals surface area contributed by atoms with Gasteiger partial charge in [-0.1, -0.05) is 23.2 Å². The minimum Gasteiger partial charge on any atom is -0.254 e. The molecule has 0 aliphatic rings. The molecule has 0 bridgehead atoms. The lowest BCUT2D eigenvalue weighted by molar-refractivity contribution is 1.25. The molecule has 2 aromatic rings. The lowest BCUT2D eigenvalue weighted by Gasteiger charge is -2.10. The van der Waals surface area contributed by atoms with E-state index in [4.69, 9.17) is 23.2 Å². The summed E-state index contributed by atoms with van der Waals surface area (Å²) in [5.74, 6) is 0. The number of nitrogens with zero attached hydrogens (tertiary/aromatic N) is 1. The van der Waals surface area contributed by atoms with Crippen LogP contribution >= 0.6 is 23.2 Å². The number of hydrogen-bond donors (Lipinski definition) is 0. The highest BCUT2D eigenvalue weighted by molar-refractivity contribution is 6.33. The van der Waals surface area contributed by atoms with Gasteiger partial charge in [-0.05, 0) is 55.7 Å². The predicted octanol–water partition coefficient (Wildman–Crippen LogP) is 4.98. The highest BCUT2D eigenvalue weighted by Gasteiger charge is 2.10. The quantitative estimate of drug-likeness (QED) is 0.709. The molecule has 1 nitrogen and oxygen atoms in total. The van der Waals surface area contributed by atoms with Crippen molar-refractivity contribution in [1.29, 1.82) is 0 Å². The van der Waals surface area contributed by atoms with Crippen LogP contribution in [0.3, 0.4) is 0 Å². The number of rotatable bonds is 1. The first-order valence-electron chi connectivity index (χ1n) is 5.38. The van der Waals surface area contributed by atoms with Gasteiger partial charge < -0.3 is 0 Å². The van der Waals surface area contributed by atoms with Crippen molar-refractivity contribution < 1.29 is 0 Å². The maximum absolute atomic E-state index is 6.23. The van der Waals surface area contributed by atoms with E-state index in [0.29, 0.717) is 5.02 Å². The first-order valence-corrected chi connectivity index (χ1v) is 6.14. The van der Waals surface area contributed by atoms with Gasteiger partial charge in [0.15, 0.2) is 0 Å². The van der Waals surface area contributed by atoms with Crippen LogP contribution in [0.15, 0.2) is 24.4 Å². The minimum absolute atomic E-state index is 0.676. The van der Waals surface area contributed by atoms with Crippen molar-refractivity contribution in [3.8, 4) is 11.3 Å². The Labute approximate surface area is 111 Å². The summed E-state index contributed by atoms with van der Waals surface area (Å²) in [4.78, 5) is 4.40. The Morgan fingerprint density at radius 1 is 0.882 bits per heavy atom. The predicted molar refractivity (Wildman–Crippen MR) is 73.9 cm³/mol. The van der Waals surface area contributed by atoms with Crippen molar-refractivity contribution >= 4 is 23.2 Å². The van der Waals surface area contributed by atoms with E-state index in [2.05, 4.69) is 4.98 Å². The molecule has 0 saturated heterocycles. The molecule has 0 radical (unpaired) electrons. The zero-order valence-electron chi connectivity index (χ0n) is 10.0. The highest BCUT2D eigenvalue weighted by Crippen LogP contribution is 2.32. The summed E-state index contributed by atoms with van der Waals surface area (Å²) in [6.45, 7) is 5.97. The van der Waals surface area contributed by atoms with E-state index >= 15 is 0 Å². The fourth-order valence-electron chi connectivity index (χ4n) is 1.77. The van der Waals surface area contributed by atoms with E-state index in [1.165, 1.54) is 0 Å². The van der Waals surface area contributed by atoms with E-state index in [-0.39, 0.29) is 0 Å². The van der Waals surface area contributed by atoms with Crippen LogP contribution in [-0.4, -0.2) is 4.98 Å². The molecule has 0 aliphatic heterocycles. The van der Waals surface area contributed by atoms with Crippen LogP contribution in [0.1, 0.15) is 16.7 Å². The molecule has 2 rings (SSSR count). The van der Waals surface area contributed by atoms with Gasteiger partial charge >= 0.3 is 0 Å². The van der Waals surface area contributed by atoms with Gasteiger partial charge in [-0.15, -0.1) is 0 Å². The molecular formula is C14H13Cl2N. The van der Waals surface area contributed by atoms with E-state index < -0.39 is 0 Å². The fourth-order valence-corrected chi connectivity index (χ4v) is 2.31. The molecule has 0 spiro atoms. The van der Waals surface area contributed by atoms with Gasteiger partial charge in [-0.2, -0.15) is 0 Å². The second kappa shape index (κ2) is 4.67. The van der Waals surface area contributed by atoms with Crippen molar-refractivity contribution in [1.82, 2.24) is 4.98 Å². The molecule has 0 saturated carbocycles. The van der Waals surface area contributed by atoms with Gasteiger partial charge in [-0.3, -0.25) is 4.98 Å². The largest absolute Gasteiger partial charge is 0.254 e. The van der Waals surface area contributed by atoms with Crippen LogP contribution in [0.25, 0.3) is 11.3 Å². The molecule has 0 atom stereocenters. The van der Waals surface area contributed by atoms with Crippen LogP contribution < -0.4 is 0 Å². The van der Waals surface area contributed by atoms with E-state index in [1.807, 2.05) is 45.2 Å². The molecule has 3 heteroatoms. The number of hydrogen-bond acceptors (Lipinski definition) is 1. The number of halogens is 2. The standard InChI is InChI=1S/C14H13Cl2N/c1-8-4-13(16)14(17-7-8)11-5-10(3)12(15)6-9(11)2/h4-7H,1-3H3. The summed E-state index contributed by atoms with van der Waals surface area (Å²) >= 11 is 12.3. The Balaban J connectivity index is 2.64. The molecular weight excluding hydrogens is 253 g/mol. The molecule has 17 heavy (non-hydrogen) atoms. The summed E-state index contributed by atoms with van der Waals surface area (Å²) in [5, 5.41) is 1.45. The Bertz CT molecular complexity index is 577. The lowest BCUT2D eigenvalue weighted by Crippen LogP contribution is -1.91. The highest BCUT2D eigenvalue weighted by atomic mass is 35.5. The van der Waals surface area contributed by atoms with Gasteiger partial charge in [0.25, 0.3) is 0 Å². The maximum atomic E-state index is 6.23. The van der Waals surface area contributed by atoms with Crippen molar-refractivity contribution in [3.63, 3.8) is 0 Å². The van der Waals surface area contributed by atoms with E-state index in [0.717, 1.165) is 33.0 Å². The first-order chi connectivity index (χ1) is 7.99. The van der Waals surface area contributed by atoms with Crippen LogP contribution in [-0.2, 0) is 0 Å². The average Bonchev–Trinajstić information content (AvgIpc) is 2.24. The monoisotopic (exact) mass is 265 g/mol. The van der Waals surface area contributed by atoms with E-state index in [9.17, 15) is 0 Å². The SMILES string of the molecule is Cc1cnc(-c2cc(C)c(Cl)cc2C)c(Cl)c1. The summed E-state index contributed by atoms with van der Waals surface area (Å²) in [6.07, 6.45) is 1.82. The Kier molecular flexibility index (Phi) is 3.41. The summed E-state index contributed by atoms with van der Waals surface area (Å²) < 4.78 is 0. The van der Waals surface area contributed by atoms with Crippen LogP contribution in [0, 0.1) is 20.8 Å². The number of aromatic nitrogens is 1. The fraction of sp³-hybridized carbons (Fsp3) is 0.214. The molecule has 0 N–H and O–H groups in total. The topological polar surface area (TPSA) is 12.9 Å². The number of pyridine rings is 1. The van der Waals surface area contributed by atoms with Crippen molar-refractivity contribution in [2.75, 3.05) is 0 Å². The van der Waals surface area contributed by atoms with Crippen molar-refractivity contribution in [3.05, 3.63) is 51.1 Å². The zero-order valence-corrected chi connectivity index (χ0v) is 11.5. The van der Waals surface area contributed by atoms with Crippen LogP contribution in [0.5, 0.6) is 0 Å². The van der Waals surface area contributed by atoms with Crippen molar-refractivity contribution in [2.24, 2.45) is 0 Å². The Hall–Kier alpha value is -1.05. The molecule has 1 aromatic heterocycles. The van der Waals surface area contributed by atoms with Crippen molar-refractivity contribution in [2.45, 2.75) is 20.8 Å². The third-order valence-electron chi connectivity index (χ3n) is 2.74. The summed E-state index contributed by atoms with van der Waals surface area (Å²) in [7, 11) is 0. The molecule has 0 amide bonds. The molecule has 0 unspecified atom stereocenters. The minimum atomic E-state index is 0.676. The van der Waals surface area contributed by atoms with Gasteiger partial charge in [0.05, 0.1) is 10.7 Å². The zero-order chi connectivity index (χ0) is 12.6. The first kappa shape index (κ1) is 12.4. The smallest absolute Gasteiger partial charge is 0.0891 e. The Morgan fingerprint density at radius 2 is 1.59 bits per heavy atom. The van der Waals surface area contributed by atoms with Gasteiger partial charge in [0.1, 0.15) is 0 Å². The normalized spacial score (nSPS) is 10.6. The second-order valence-electron chi connectivity index (χ2n) is 4.26.